The Labute approximate surface area is 157 Å². The van der Waals surface area contributed by atoms with Crippen molar-refractivity contribution < 1.29 is 34.6 Å². The van der Waals surface area contributed by atoms with Gasteiger partial charge in [0.1, 0.15) is 23.2 Å². The van der Waals surface area contributed by atoms with Crippen LogP contribution in [0.15, 0.2) is 12.1 Å². The smallest absolute Gasteiger partial charge is 0.451 e. The Morgan fingerprint density at radius 3 is 2.52 bits per heavy atom. The zero-order valence-electron chi connectivity index (χ0n) is 15.4. The number of rotatable bonds is 8. The highest BCUT2D eigenvalue weighted by atomic mass is 16.5. The molecule has 0 aliphatic carbocycles. The summed E-state index contributed by atoms with van der Waals surface area (Å²) < 4.78 is 5.66. The van der Waals surface area contributed by atoms with Crippen molar-refractivity contribution >= 4 is 19.0 Å². The molecule has 1 aliphatic rings. The van der Waals surface area contributed by atoms with Gasteiger partial charge in [-0.2, -0.15) is 0 Å². The van der Waals surface area contributed by atoms with E-state index >= 15 is 0 Å². The second kappa shape index (κ2) is 8.16. The third-order valence-corrected chi connectivity index (χ3v) is 4.76. The molecule has 0 spiro atoms. The molecule has 1 fully saturated rings. The van der Waals surface area contributed by atoms with E-state index in [0.717, 1.165) is 0 Å². The summed E-state index contributed by atoms with van der Waals surface area (Å²) >= 11 is 0. The van der Waals surface area contributed by atoms with Crippen molar-refractivity contribution in [2.45, 2.75) is 44.7 Å². The molecule has 0 radical (unpaired) electrons. The average molecular weight is 380 g/mol. The first-order valence-corrected chi connectivity index (χ1v) is 8.76. The number of carboxylic acids is 1. The molecular formula is C17H25BN2O7. The minimum atomic E-state index is -1.55. The number of likely N-dealkylation sites (tertiary alicyclic amines) is 1. The lowest BCUT2D eigenvalue weighted by molar-refractivity contribution is -0.145. The van der Waals surface area contributed by atoms with Crippen molar-refractivity contribution in [1.82, 2.24) is 4.90 Å². The van der Waals surface area contributed by atoms with Crippen LogP contribution in [0.4, 0.5) is 0 Å². The second-order valence-corrected chi connectivity index (χ2v) is 6.99. The number of benzene rings is 1. The largest absolute Gasteiger partial charge is 0.507 e. The van der Waals surface area contributed by atoms with E-state index in [2.05, 4.69) is 0 Å². The SMILES string of the molecule is CC[C@@](C)(N)C(=O)N1CC(Oc2ccc(CCB(O)O)c(O)c2C(=O)O)C1. The van der Waals surface area contributed by atoms with Gasteiger partial charge in [0.2, 0.25) is 5.91 Å². The molecule has 1 saturated heterocycles. The van der Waals surface area contributed by atoms with E-state index < -0.39 is 30.5 Å². The number of amides is 1. The highest BCUT2D eigenvalue weighted by molar-refractivity contribution is 6.41. The third kappa shape index (κ3) is 4.71. The van der Waals surface area contributed by atoms with E-state index in [1.807, 2.05) is 6.92 Å². The van der Waals surface area contributed by atoms with Gasteiger partial charge in [0.25, 0.3) is 0 Å². The Hall–Kier alpha value is -2.30. The van der Waals surface area contributed by atoms with Crippen LogP contribution in [-0.4, -0.2) is 68.9 Å². The van der Waals surface area contributed by atoms with E-state index in [4.69, 9.17) is 20.5 Å². The Balaban J connectivity index is 2.08. The topological polar surface area (TPSA) is 154 Å². The molecule has 1 heterocycles. The number of carboxylic acid groups (broad SMARTS) is 1. The Morgan fingerprint density at radius 2 is 2.00 bits per heavy atom. The lowest BCUT2D eigenvalue weighted by Crippen LogP contribution is -2.63. The number of nitrogens with zero attached hydrogens (tertiary/aromatic N) is 1. The summed E-state index contributed by atoms with van der Waals surface area (Å²) in [5, 5.41) is 37.5. The average Bonchev–Trinajstić information content (AvgIpc) is 2.55. The van der Waals surface area contributed by atoms with Crippen LogP contribution >= 0.6 is 0 Å². The summed E-state index contributed by atoms with van der Waals surface area (Å²) in [6.45, 7) is 4.05. The Bertz CT molecular complexity index is 717. The number of nitrogens with two attached hydrogens (primary N) is 1. The van der Waals surface area contributed by atoms with Gasteiger partial charge >= 0.3 is 13.1 Å². The van der Waals surface area contributed by atoms with Gasteiger partial charge in [-0.05, 0) is 37.7 Å². The number of phenols is 1. The molecule has 1 aliphatic heterocycles. The molecule has 6 N–H and O–H groups in total. The molecule has 9 nitrogen and oxygen atoms in total. The second-order valence-electron chi connectivity index (χ2n) is 6.99. The number of carbonyl (C=O) groups excluding carboxylic acids is 1. The van der Waals surface area contributed by atoms with E-state index in [0.29, 0.717) is 6.42 Å². The van der Waals surface area contributed by atoms with E-state index in [1.165, 1.54) is 12.1 Å². The molecule has 1 aromatic rings. The lowest BCUT2D eigenvalue weighted by Gasteiger charge is -2.42. The molecule has 1 amide bonds. The van der Waals surface area contributed by atoms with Crippen molar-refractivity contribution in [2.75, 3.05) is 13.1 Å². The van der Waals surface area contributed by atoms with Crippen molar-refractivity contribution in [3.05, 3.63) is 23.3 Å². The molecule has 1 atom stereocenters. The summed E-state index contributed by atoms with van der Waals surface area (Å²) in [5.41, 5.74) is 4.88. The summed E-state index contributed by atoms with van der Waals surface area (Å²) in [6, 6.07) is 2.90. The zero-order valence-corrected chi connectivity index (χ0v) is 15.4. The molecule has 148 valence electrons. The van der Waals surface area contributed by atoms with Crippen LogP contribution in [0.25, 0.3) is 0 Å². The maximum absolute atomic E-state index is 12.2. The standard InChI is InChI=1S/C17H25BN2O7/c1-3-17(2,19)16(24)20-8-11(9-20)27-12-5-4-10(6-7-18(25)26)14(21)13(12)15(22)23/h4-5,11,21,25-26H,3,6-9,19H2,1-2H3,(H,22,23)/t17-/m1/s1. The molecule has 2 rings (SSSR count). The van der Waals surface area contributed by atoms with Gasteiger partial charge in [0.05, 0.1) is 18.6 Å². The fourth-order valence-corrected chi connectivity index (χ4v) is 2.78. The van der Waals surface area contributed by atoms with Crippen LogP contribution < -0.4 is 10.5 Å². The van der Waals surface area contributed by atoms with Crippen LogP contribution in [0.3, 0.4) is 0 Å². The highest BCUT2D eigenvalue weighted by Gasteiger charge is 2.39. The van der Waals surface area contributed by atoms with Gasteiger partial charge in [-0.15, -0.1) is 0 Å². The summed E-state index contributed by atoms with van der Waals surface area (Å²) in [5.74, 6) is -2.02. The number of hydrogen-bond acceptors (Lipinski definition) is 7. The molecule has 0 unspecified atom stereocenters. The zero-order chi connectivity index (χ0) is 20.4. The number of ether oxygens (including phenoxy) is 1. The van der Waals surface area contributed by atoms with Crippen LogP contribution in [0.5, 0.6) is 11.5 Å². The Kier molecular flexibility index (Phi) is 6.35. The Morgan fingerprint density at radius 1 is 1.37 bits per heavy atom. The van der Waals surface area contributed by atoms with E-state index in [-0.39, 0.29) is 48.6 Å². The minimum absolute atomic E-state index is 0.00334. The monoisotopic (exact) mass is 380 g/mol. The first-order chi connectivity index (χ1) is 12.6. The lowest BCUT2D eigenvalue weighted by atomic mass is 9.82. The van der Waals surface area contributed by atoms with Crippen molar-refractivity contribution in [3.63, 3.8) is 0 Å². The molecule has 10 heteroatoms. The first kappa shape index (κ1) is 21.0. The fourth-order valence-electron chi connectivity index (χ4n) is 2.78. The third-order valence-electron chi connectivity index (χ3n) is 4.76. The van der Waals surface area contributed by atoms with E-state index in [9.17, 15) is 19.8 Å². The molecule has 1 aromatic carbocycles. The van der Waals surface area contributed by atoms with E-state index in [1.54, 1.807) is 11.8 Å². The minimum Gasteiger partial charge on any atom is -0.507 e. The maximum Gasteiger partial charge on any atom is 0.451 e. The van der Waals surface area contributed by atoms with Gasteiger partial charge in [0.15, 0.2) is 0 Å². The molecular weight excluding hydrogens is 355 g/mol. The number of hydrogen-bond donors (Lipinski definition) is 5. The van der Waals surface area contributed by atoms with Gasteiger partial charge in [-0.3, -0.25) is 4.79 Å². The number of carbonyl (C=O) groups is 2. The molecule has 0 bridgehead atoms. The van der Waals surface area contributed by atoms with Crippen molar-refractivity contribution in [2.24, 2.45) is 5.73 Å². The first-order valence-electron chi connectivity index (χ1n) is 8.76. The molecule has 0 aromatic heterocycles. The predicted molar refractivity (Wildman–Crippen MR) is 97.6 cm³/mol. The summed E-state index contributed by atoms with van der Waals surface area (Å²) in [4.78, 5) is 25.3. The maximum atomic E-state index is 12.2. The summed E-state index contributed by atoms with van der Waals surface area (Å²) in [6.07, 6.45) is 0.155. The van der Waals surface area contributed by atoms with Crippen LogP contribution in [0, 0.1) is 0 Å². The quantitative estimate of drug-likeness (QED) is 0.389. The highest BCUT2D eigenvalue weighted by Crippen LogP contribution is 2.34. The van der Waals surface area contributed by atoms with Gasteiger partial charge in [0, 0.05) is 0 Å². The number of aromatic carboxylic acids is 1. The van der Waals surface area contributed by atoms with Crippen molar-refractivity contribution in [1.29, 1.82) is 0 Å². The predicted octanol–water partition coefficient (Wildman–Crippen LogP) is -0.177. The molecule has 0 saturated carbocycles. The fraction of sp³-hybridized carbons (Fsp3) is 0.529. The normalized spacial score (nSPS) is 16.4. The summed E-state index contributed by atoms with van der Waals surface area (Å²) in [7, 11) is -1.55. The van der Waals surface area contributed by atoms with Crippen molar-refractivity contribution in [3.8, 4) is 11.5 Å². The van der Waals surface area contributed by atoms with Crippen LogP contribution in [-0.2, 0) is 11.2 Å². The van der Waals surface area contributed by atoms with Crippen LogP contribution in [0.2, 0.25) is 6.32 Å². The van der Waals surface area contributed by atoms with Gasteiger partial charge < -0.3 is 35.6 Å². The number of aromatic hydroxyl groups is 1. The van der Waals surface area contributed by atoms with Crippen LogP contribution in [0.1, 0.15) is 36.2 Å². The van der Waals surface area contributed by atoms with Gasteiger partial charge in [-0.1, -0.05) is 13.0 Å². The molecule has 27 heavy (non-hydrogen) atoms. The number of aryl methyl sites for hydroxylation is 1. The van der Waals surface area contributed by atoms with Gasteiger partial charge in [-0.25, -0.2) is 4.79 Å².